The Morgan fingerprint density at radius 3 is 2.59 bits per heavy atom. The van der Waals surface area contributed by atoms with Crippen molar-refractivity contribution in [3.05, 3.63) is 11.5 Å². The Bertz CT molecular complexity index is 822. The van der Waals surface area contributed by atoms with Gasteiger partial charge >= 0.3 is 7.60 Å². The zero-order chi connectivity index (χ0) is 19.9. The number of anilines is 1. The molecule has 0 saturated carbocycles. The minimum absolute atomic E-state index is 0.0386. The lowest BCUT2D eigenvalue weighted by atomic mass is 10.5. The van der Waals surface area contributed by atoms with Crippen LogP contribution in [0.1, 0.15) is 20.8 Å². The molecule has 13 heteroatoms. The van der Waals surface area contributed by atoms with Crippen LogP contribution in [0.2, 0.25) is 5.15 Å². The second-order valence-corrected chi connectivity index (χ2v) is 7.49. The topological polar surface area (TPSA) is 127 Å². The Kier molecular flexibility index (Phi) is 8.08. The van der Waals surface area contributed by atoms with Gasteiger partial charge in [0.25, 0.3) is 0 Å². The van der Waals surface area contributed by atoms with Crippen molar-refractivity contribution < 1.29 is 27.9 Å². The van der Waals surface area contributed by atoms with Gasteiger partial charge in [-0.25, -0.2) is 4.98 Å². The molecule has 0 spiro atoms. The van der Waals surface area contributed by atoms with Crippen LogP contribution in [0.3, 0.4) is 0 Å². The van der Waals surface area contributed by atoms with Crippen molar-refractivity contribution in [1.82, 2.24) is 19.5 Å². The van der Waals surface area contributed by atoms with Gasteiger partial charge in [-0.2, -0.15) is 9.97 Å². The summed E-state index contributed by atoms with van der Waals surface area (Å²) in [6.07, 6.45) is 1.24. The number of amides is 1. The summed E-state index contributed by atoms with van der Waals surface area (Å²) in [5.41, 5.74) is 0.750. The van der Waals surface area contributed by atoms with E-state index < -0.39 is 7.60 Å². The van der Waals surface area contributed by atoms with Gasteiger partial charge in [-0.1, -0.05) is 11.6 Å². The molecule has 1 N–H and O–H groups in total. The highest BCUT2D eigenvalue weighted by Gasteiger charge is 2.23. The predicted molar refractivity (Wildman–Crippen MR) is 97.4 cm³/mol. The van der Waals surface area contributed by atoms with Gasteiger partial charge in [-0.3, -0.25) is 19.2 Å². The molecule has 0 fully saturated rings. The second kappa shape index (κ2) is 10.1. The van der Waals surface area contributed by atoms with Gasteiger partial charge in [0.15, 0.2) is 17.1 Å². The maximum Gasteiger partial charge on any atom is 0.356 e. The van der Waals surface area contributed by atoms with Crippen LogP contribution in [0.15, 0.2) is 6.33 Å². The standard InChI is InChI=1S/C14H21ClN5O6P/c1-4-25-27(22,26-5-2)9-24-8-23-7-20-6-16-11-12(15)18-14(17-10(3)21)19-13(11)20/h6H,4-5,7-9H2,1-3H3,(H,17,18,19,21). The van der Waals surface area contributed by atoms with Crippen LogP contribution in [0, 0.1) is 0 Å². The molecule has 0 radical (unpaired) electrons. The van der Waals surface area contributed by atoms with E-state index in [2.05, 4.69) is 20.3 Å². The third-order valence-corrected chi connectivity index (χ3v) is 5.07. The van der Waals surface area contributed by atoms with Crippen molar-refractivity contribution in [2.45, 2.75) is 27.5 Å². The maximum atomic E-state index is 12.2. The summed E-state index contributed by atoms with van der Waals surface area (Å²) in [7, 11) is -3.29. The number of carbonyl (C=O) groups excluding carboxylic acids is 1. The number of rotatable bonds is 11. The van der Waals surface area contributed by atoms with Crippen molar-refractivity contribution in [1.29, 1.82) is 0 Å². The fourth-order valence-electron chi connectivity index (χ4n) is 2.07. The van der Waals surface area contributed by atoms with E-state index in [1.165, 1.54) is 13.3 Å². The highest BCUT2D eigenvalue weighted by atomic mass is 35.5. The first-order valence-electron chi connectivity index (χ1n) is 8.08. The van der Waals surface area contributed by atoms with Crippen LogP contribution >= 0.6 is 19.2 Å². The Balaban J connectivity index is 1.94. The zero-order valence-corrected chi connectivity index (χ0v) is 16.8. The molecule has 150 valence electrons. The summed E-state index contributed by atoms with van der Waals surface area (Å²) in [4.78, 5) is 23.4. The van der Waals surface area contributed by atoms with Gasteiger partial charge < -0.3 is 18.5 Å². The van der Waals surface area contributed by atoms with Gasteiger partial charge in [-0.15, -0.1) is 0 Å². The molecule has 2 rings (SSSR count). The maximum absolute atomic E-state index is 12.2. The van der Waals surface area contributed by atoms with Gasteiger partial charge in [0, 0.05) is 6.92 Å². The Labute approximate surface area is 160 Å². The molecule has 2 aromatic heterocycles. The van der Waals surface area contributed by atoms with Crippen LogP contribution in [-0.2, 0) is 34.6 Å². The number of hydrogen-bond acceptors (Lipinski definition) is 9. The van der Waals surface area contributed by atoms with E-state index in [4.69, 9.17) is 30.1 Å². The van der Waals surface area contributed by atoms with Gasteiger partial charge in [0.2, 0.25) is 11.9 Å². The van der Waals surface area contributed by atoms with Gasteiger partial charge in [-0.05, 0) is 13.8 Å². The molecular formula is C14H21ClN5O6P. The van der Waals surface area contributed by atoms with Crippen LogP contribution in [0.4, 0.5) is 5.95 Å². The van der Waals surface area contributed by atoms with E-state index >= 15 is 0 Å². The number of nitrogens with zero attached hydrogens (tertiary/aromatic N) is 4. The summed E-state index contributed by atoms with van der Waals surface area (Å²) in [5, 5.41) is 2.57. The molecule has 0 aromatic carbocycles. The Morgan fingerprint density at radius 1 is 1.26 bits per heavy atom. The van der Waals surface area contributed by atoms with Crippen molar-refractivity contribution in [3.63, 3.8) is 0 Å². The molecule has 0 aliphatic carbocycles. The summed E-state index contributed by atoms with van der Waals surface area (Å²) in [6, 6.07) is 0. The predicted octanol–water partition coefficient (Wildman–Crippen LogP) is 2.61. The quantitative estimate of drug-likeness (QED) is 0.252. The third-order valence-electron chi connectivity index (χ3n) is 3.01. The molecule has 2 heterocycles. The van der Waals surface area contributed by atoms with Crippen LogP contribution in [0.5, 0.6) is 0 Å². The number of aromatic nitrogens is 4. The lowest BCUT2D eigenvalue weighted by Gasteiger charge is -2.16. The largest absolute Gasteiger partial charge is 0.356 e. The average molecular weight is 422 g/mol. The monoisotopic (exact) mass is 421 g/mol. The van der Waals surface area contributed by atoms with E-state index in [1.54, 1.807) is 18.4 Å². The van der Waals surface area contributed by atoms with E-state index in [0.29, 0.717) is 11.2 Å². The fraction of sp³-hybridized carbons (Fsp3) is 0.571. The molecule has 0 aliphatic heterocycles. The van der Waals surface area contributed by atoms with Crippen LogP contribution in [-0.4, -0.2) is 51.8 Å². The molecule has 0 aliphatic rings. The number of carbonyl (C=O) groups is 1. The number of hydrogen-bond donors (Lipinski definition) is 1. The lowest BCUT2D eigenvalue weighted by molar-refractivity contribution is -0.114. The molecule has 27 heavy (non-hydrogen) atoms. The molecule has 0 unspecified atom stereocenters. The van der Waals surface area contributed by atoms with Crippen molar-refractivity contribution in [2.24, 2.45) is 0 Å². The molecule has 2 aromatic rings. The summed E-state index contributed by atoms with van der Waals surface area (Å²) >= 11 is 6.05. The number of nitrogens with one attached hydrogen (secondary N) is 1. The van der Waals surface area contributed by atoms with Crippen molar-refractivity contribution >= 4 is 42.2 Å². The first kappa shape index (κ1) is 21.7. The smallest absolute Gasteiger partial charge is 0.343 e. The number of imidazole rings is 1. The van der Waals surface area contributed by atoms with Crippen LogP contribution in [0.25, 0.3) is 11.2 Å². The van der Waals surface area contributed by atoms with Gasteiger partial charge in [0.1, 0.15) is 19.0 Å². The molecule has 0 saturated heterocycles. The minimum atomic E-state index is -3.29. The first-order chi connectivity index (χ1) is 12.9. The highest BCUT2D eigenvalue weighted by Crippen LogP contribution is 2.47. The minimum Gasteiger partial charge on any atom is -0.343 e. The van der Waals surface area contributed by atoms with E-state index in [9.17, 15) is 9.36 Å². The van der Waals surface area contributed by atoms with Crippen molar-refractivity contribution in [3.8, 4) is 0 Å². The number of halogens is 1. The summed E-state index contributed by atoms with van der Waals surface area (Å²) in [6.45, 7) is 5.16. The molecule has 0 bridgehead atoms. The van der Waals surface area contributed by atoms with E-state index in [1.807, 2.05) is 0 Å². The first-order valence-corrected chi connectivity index (χ1v) is 10.2. The van der Waals surface area contributed by atoms with Gasteiger partial charge in [0.05, 0.1) is 19.5 Å². The zero-order valence-electron chi connectivity index (χ0n) is 15.2. The number of fused-ring (bicyclic) bond motifs is 1. The second-order valence-electron chi connectivity index (χ2n) is 5.14. The summed E-state index contributed by atoms with van der Waals surface area (Å²) < 4.78 is 34.6. The molecule has 11 nitrogen and oxygen atoms in total. The Hall–Kier alpha value is -1.62. The van der Waals surface area contributed by atoms with Crippen LogP contribution < -0.4 is 5.32 Å². The highest BCUT2D eigenvalue weighted by molar-refractivity contribution is 7.53. The van der Waals surface area contributed by atoms with E-state index in [-0.39, 0.29) is 50.1 Å². The van der Waals surface area contributed by atoms with E-state index in [0.717, 1.165) is 0 Å². The van der Waals surface area contributed by atoms with Crippen molar-refractivity contribution in [2.75, 3.05) is 31.7 Å². The third kappa shape index (κ3) is 6.20. The summed E-state index contributed by atoms with van der Waals surface area (Å²) in [5.74, 6) is -0.262. The molecule has 1 amide bonds. The average Bonchev–Trinajstić information content (AvgIpc) is 2.98. The molecule has 0 atom stereocenters. The Morgan fingerprint density at radius 2 is 1.96 bits per heavy atom. The normalized spacial score (nSPS) is 11.9. The lowest BCUT2D eigenvalue weighted by Crippen LogP contribution is -2.11. The number of ether oxygens (including phenoxy) is 2. The fourth-order valence-corrected chi connectivity index (χ4v) is 3.59. The molecular weight excluding hydrogens is 401 g/mol. The SMILES string of the molecule is CCOP(=O)(COCOCn1cnc2c(Cl)nc(NC(C)=O)nc21)OCC.